The monoisotopic (exact) mass is 491 g/mol. The van der Waals surface area contributed by atoms with E-state index in [-0.39, 0.29) is 18.0 Å². The van der Waals surface area contributed by atoms with Gasteiger partial charge in [-0.15, -0.1) is 10.2 Å². The van der Waals surface area contributed by atoms with E-state index in [9.17, 15) is 0 Å². The van der Waals surface area contributed by atoms with Crippen LogP contribution in [0, 0.1) is 6.92 Å². The lowest BCUT2D eigenvalue weighted by molar-refractivity contribution is 0.291. The van der Waals surface area contributed by atoms with Gasteiger partial charge in [0.05, 0.1) is 5.75 Å². The Labute approximate surface area is 208 Å². The number of ether oxygens (including phenoxy) is 1. The highest BCUT2D eigenvalue weighted by Gasteiger charge is 2.15. The molecule has 0 aliphatic heterocycles. The van der Waals surface area contributed by atoms with Gasteiger partial charge in [-0.25, -0.2) is 4.68 Å². The van der Waals surface area contributed by atoms with Gasteiger partial charge in [0.25, 0.3) is 0 Å². The van der Waals surface area contributed by atoms with Crippen molar-refractivity contribution in [1.82, 2.24) is 29.8 Å². The minimum absolute atomic E-state index is 0.0859. The number of aromatic nitrogens is 6. The molecule has 0 atom stereocenters. The zero-order chi connectivity index (χ0) is 25.0. The van der Waals surface area contributed by atoms with Crippen LogP contribution in [0.1, 0.15) is 43.5 Å². The SMILES string of the molecule is Cc1ccccc1Nc1nc(N)nc(CSc2nnc(COc3ccc(C(C)(C)C)cc3)n2N)n1. The summed E-state index contributed by atoms with van der Waals surface area (Å²) in [5, 5.41) is 12.0. The molecule has 0 unspecified atom stereocenters. The fourth-order valence-electron chi connectivity index (χ4n) is 3.22. The number of benzene rings is 2. The van der Waals surface area contributed by atoms with Gasteiger partial charge in [-0.1, -0.05) is 62.9 Å². The molecule has 0 spiro atoms. The Morgan fingerprint density at radius 3 is 2.46 bits per heavy atom. The zero-order valence-electron chi connectivity index (χ0n) is 20.2. The minimum atomic E-state index is 0.0859. The third-order valence-electron chi connectivity index (χ3n) is 5.24. The number of nitrogens with one attached hydrogen (secondary N) is 1. The van der Waals surface area contributed by atoms with Crippen LogP contribution in [0.4, 0.5) is 17.6 Å². The summed E-state index contributed by atoms with van der Waals surface area (Å²) >= 11 is 1.35. The minimum Gasteiger partial charge on any atom is -0.486 e. The van der Waals surface area contributed by atoms with E-state index in [2.05, 4.69) is 63.4 Å². The smallest absolute Gasteiger partial charge is 0.232 e. The highest BCUT2D eigenvalue weighted by molar-refractivity contribution is 7.98. The van der Waals surface area contributed by atoms with Gasteiger partial charge >= 0.3 is 0 Å². The molecule has 2 aromatic carbocycles. The molecule has 5 N–H and O–H groups in total. The summed E-state index contributed by atoms with van der Waals surface area (Å²) in [6.07, 6.45) is 0. The van der Waals surface area contributed by atoms with Crippen LogP contribution in [0.25, 0.3) is 0 Å². The first-order chi connectivity index (χ1) is 16.7. The Bertz CT molecular complexity index is 1300. The summed E-state index contributed by atoms with van der Waals surface area (Å²) in [6.45, 7) is 8.71. The Hall–Kier alpha value is -3.86. The molecule has 0 amide bonds. The Kier molecular flexibility index (Phi) is 7.06. The fourth-order valence-corrected chi connectivity index (χ4v) is 3.95. The van der Waals surface area contributed by atoms with Crippen molar-refractivity contribution >= 4 is 29.3 Å². The van der Waals surface area contributed by atoms with Crippen LogP contribution in [0.3, 0.4) is 0 Å². The largest absolute Gasteiger partial charge is 0.486 e. The predicted octanol–water partition coefficient (Wildman–Crippen LogP) is 3.98. The molecule has 0 radical (unpaired) electrons. The van der Waals surface area contributed by atoms with Gasteiger partial charge in [0.15, 0.2) is 5.82 Å². The molecule has 182 valence electrons. The highest BCUT2D eigenvalue weighted by Crippen LogP contribution is 2.25. The third-order valence-corrected chi connectivity index (χ3v) is 6.18. The lowest BCUT2D eigenvalue weighted by Crippen LogP contribution is -2.16. The molecule has 4 aromatic rings. The first-order valence-corrected chi connectivity index (χ1v) is 12.1. The van der Waals surface area contributed by atoms with Crippen LogP contribution in [0.15, 0.2) is 53.7 Å². The van der Waals surface area contributed by atoms with E-state index in [0.29, 0.717) is 28.5 Å². The Morgan fingerprint density at radius 1 is 1.00 bits per heavy atom. The summed E-state index contributed by atoms with van der Waals surface area (Å²) in [5.74, 6) is 8.83. The van der Waals surface area contributed by atoms with Crippen LogP contribution < -0.4 is 21.6 Å². The lowest BCUT2D eigenvalue weighted by Gasteiger charge is -2.19. The molecule has 10 nitrogen and oxygen atoms in total. The fraction of sp³-hybridized carbons (Fsp3) is 0.292. The van der Waals surface area contributed by atoms with Crippen LogP contribution in [0.2, 0.25) is 0 Å². The van der Waals surface area contributed by atoms with Gasteiger partial charge in [-0.3, -0.25) is 0 Å². The van der Waals surface area contributed by atoms with Crippen molar-refractivity contribution in [3.8, 4) is 5.75 Å². The topological polar surface area (TPSA) is 143 Å². The molecular weight excluding hydrogens is 462 g/mol. The summed E-state index contributed by atoms with van der Waals surface area (Å²) in [5.41, 5.74) is 9.19. The molecule has 4 rings (SSSR count). The number of nitrogen functional groups attached to an aromatic ring is 2. The second-order valence-electron chi connectivity index (χ2n) is 8.99. The van der Waals surface area contributed by atoms with E-state index in [1.54, 1.807) is 0 Å². The normalized spacial score (nSPS) is 11.4. The number of aryl methyl sites for hydroxylation is 1. The molecule has 0 bridgehead atoms. The van der Waals surface area contributed by atoms with Crippen molar-refractivity contribution < 1.29 is 4.74 Å². The standard InChI is InChI=1S/C24H29N9OS/c1-15-7-5-6-8-18(15)27-22-29-19(28-21(25)30-22)14-35-23-32-31-20(33(23)26)13-34-17-11-9-16(10-12-17)24(2,3)4/h5-12H,13-14,26H2,1-4H3,(H3,25,27,28,29,30). The number of hydrogen-bond acceptors (Lipinski definition) is 10. The van der Waals surface area contributed by atoms with Crippen molar-refractivity contribution in [1.29, 1.82) is 0 Å². The van der Waals surface area contributed by atoms with E-state index < -0.39 is 0 Å². The first-order valence-electron chi connectivity index (χ1n) is 11.1. The van der Waals surface area contributed by atoms with Gasteiger partial charge in [0.2, 0.25) is 17.1 Å². The lowest BCUT2D eigenvalue weighted by atomic mass is 9.87. The molecule has 0 aliphatic rings. The van der Waals surface area contributed by atoms with Gasteiger partial charge in [0, 0.05) is 5.69 Å². The zero-order valence-corrected chi connectivity index (χ0v) is 21.0. The van der Waals surface area contributed by atoms with E-state index in [1.807, 2.05) is 43.3 Å². The third kappa shape index (κ3) is 6.18. The molecular formula is C24H29N9OS. The van der Waals surface area contributed by atoms with Crippen LogP contribution in [-0.2, 0) is 17.8 Å². The van der Waals surface area contributed by atoms with Gasteiger partial charge in [-0.2, -0.15) is 15.0 Å². The Balaban J connectivity index is 1.37. The van der Waals surface area contributed by atoms with Crippen molar-refractivity contribution in [3.63, 3.8) is 0 Å². The van der Waals surface area contributed by atoms with Crippen LogP contribution in [0.5, 0.6) is 5.75 Å². The molecule has 2 aromatic heterocycles. The van der Waals surface area contributed by atoms with Gasteiger partial charge in [0.1, 0.15) is 18.2 Å². The molecule has 0 saturated heterocycles. The van der Waals surface area contributed by atoms with E-state index in [1.165, 1.54) is 22.0 Å². The highest BCUT2D eigenvalue weighted by atomic mass is 32.2. The van der Waals surface area contributed by atoms with Gasteiger partial charge in [-0.05, 0) is 41.7 Å². The van der Waals surface area contributed by atoms with E-state index in [0.717, 1.165) is 17.0 Å². The van der Waals surface area contributed by atoms with Crippen LogP contribution in [-0.4, -0.2) is 29.8 Å². The van der Waals surface area contributed by atoms with Crippen LogP contribution >= 0.6 is 11.8 Å². The summed E-state index contributed by atoms with van der Waals surface area (Å²) in [4.78, 5) is 12.9. The number of anilines is 3. The molecule has 2 heterocycles. The van der Waals surface area contributed by atoms with Gasteiger partial charge < -0.3 is 21.6 Å². The van der Waals surface area contributed by atoms with Crippen molar-refractivity contribution in [3.05, 3.63) is 71.3 Å². The van der Waals surface area contributed by atoms with Crippen molar-refractivity contribution in [2.24, 2.45) is 0 Å². The molecule has 0 saturated carbocycles. The first kappa shape index (κ1) is 24.3. The summed E-state index contributed by atoms with van der Waals surface area (Å²) in [6, 6.07) is 15.9. The average molecular weight is 492 g/mol. The summed E-state index contributed by atoms with van der Waals surface area (Å²) < 4.78 is 7.25. The number of nitrogens with two attached hydrogens (primary N) is 2. The Morgan fingerprint density at radius 2 is 1.74 bits per heavy atom. The molecule has 11 heteroatoms. The molecule has 0 fully saturated rings. The second kappa shape index (κ2) is 10.2. The second-order valence-corrected chi connectivity index (χ2v) is 9.94. The summed E-state index contributed by atoms with van der Waals surface area (Å²) in [7, 11) is 0. The van der Waals surface area contributed by atoms with E-state index in [4.69, 9.17) is 16.3 Å². The maximum Gasteiger partial charge on any atom is 0.232 e. The number of nitrogens with zero attached hydrogens (tertiary/aromatic N) is 6. The molecule has 0 aliphatic carbocycles. The number of rotatable bonds is 8. The van der Waals surface area contributed by atoms with Crippen molar-refractivity contribution in [2.75, 3.05) is 16.9 Å². The maximum absolute atomic E-state index is 6.19. The van der Waals surface area contributed by atoms with E-state index >= 15 is 0 Å². The quantitative estimate of drug-likeness (QED) is 0.245. The number of thioether (sulfide) groups is 1. The number of hydrogen-bond donors (Lipinski definition) is 3. The maximum atomic E-state index is 6.19. The van der Waals surface area contributed by atoms with Crippen molar-refractivity contribution in [2.45, 2.75) is 50.6 Å². The predicted molar refractivity (Wildman–Crippen MR) is 138 cm³/mol. The molecule has 35 heavy (non-hydrogen) atoms. The number of para-hydroxylation sites is 1. The average Bonchev–Trinajstić information content (AvgIpc) is 3.16.